The van der Waals surface area contributed by atoms with Gasteiger partial charge in [0.15, 0.2) is 4.96 Å². The SMILES string of the molecule is O=C(O)Cc1csc2nc(-c3ccc(-c4ccccc4)cc3)cn12. The molecule has 0 aliphatic heterocycles. The predicted octanol–water partition coefficient (Wildman–Crippen LogP) is 4.36. The molecule has 4 nitrogen and oxygen atoms in total. The van der Waals surface area contributed by atoms with E-state index in [-0.39, 0.29) is 6.42 Å². The second-order valence-corrected chi connectivity index (χ2v) is 6.36. The van der Waals surface area contributed by atoms with Gasteiger partial charge in [0.1, 0.15) is 0 Å². The maximum Gasteiger partial charge on any atom is 0.309 e. The highest BCUT2D eigenvalue weighted by atomic mass is 32.1. The Hall–Kier alpha value is -2.92. The number of carboxylic acid groups (broad SMARTS) is 1. The average Bonchev–Trinajstić information content (AvgIpc) is 3.18. The molecule has 5 heteroatoms. The third-order valence-corrected chi connectivity index (χ3v) is 4.79. The zero-order valence-corrected chi connectivity index (χ0v) is 13.5. The van der Waals surface area contributed by atoms with Crippen LogP contribution < -0.4 is 0 Å². The number of aliphatic carboxylic acids is 1. The number of fused-ring (bicyclic) bond motifs is 1. The Morgan fingerprint density at radius 2 is 1.67 bits per heavy atom. The van der Waals surface area contributed by atoms with Gasteiger partial charge in [-0.05, 0) is 11.1 Å². The lowest BCUT2D eigenvalue weighted by Gasteiger charge is -2.02. The van der Waals surface area contributed by atoms with E-state index in [1.807, 2.05) is 46.3 Å². The summed E-state index contributed by atoms with van der Waals surface area (Å²) in [5.41, 5.74) is 4.97. The van der Waals surface area contributed by atoms with Gasteiger partial charge in [-0.3, -0.25) is 9.20 Å². The topological polar surface area (TPSA) is 54.6 Å². The Morgan fingerprint density at radius 3 is 2.38 bits per heavy atom. The van der Waals surface area contributed by atoms with Gasteiger partial charge in [0, 0.05) is 22.8 Å². The number of aromatic nitrogens is 2. The van der Waals surface area contributed by atoms with Crippen LogP contribution in [0.15, 0.2) is 66.2 Å². The Kier molecular flexibility index (Phi) is 3.63. The molecule has 0 aliphatic rings. The summed E-state index contributed by atoms with van der Waals surface area (Å²) in [7, 11) is 0. The summed E-state index contributed by atoms with van der Waals surface area (Å²) in [6.45, 7) is 0. The van der Waals surface area contributed by atoms with Gasteiger partial charge in [0.2, 0.25) is 0 Å². The van der Waals surface area contributed by atoms with E-state index in [1.165, 1.54) is 16.9 Å². The van der Waals surface area contributed by atoms with Gasteiger partial charge in [-0.2, -0.15) is 0 Å². The smallest absolute Gasteiger partial charge is 0.309 e. The summed E-state index contributed by atoms with van der Waals surface area (Å²) in [6, 6.07) is 18.5. The van der Waals surface area contributed by atoms with Crippen molar-refractivity contribution >= 4 is 22.3 Å². The van der Waals surface area contributed by atoms with Gasteiger partial charge in [0.25, 0.3) is 0 Å². The van der Waals surface area contributed by atoms with Crippen LogP contribution in [-0.4, -0.2) is 20.5 Å². The normalized spacial score (nSPS) is 11.0. The minimum absolute atomic E-state index is 0.00272. The minimum atomic E-state index is -0.836. The molecule has 0 amide bonds. The van der Waals surface area contributed by atoms with Crippen LogP contribution in [0.2, 0.25) is 0 Å². The molecule has 0 unspecified atom stereocenters. The zero-order chi connectivity index (χ0) is 16.5. The molecule has 118 valence electrons. The van der Waals surface area contributed by atoms with Crippen LogP contribution in [0.25, 0.3) is 27.3 Å². The van der Waals surface area contributed by atoms with Gasteiger partial charge in [-0.1, -0.05) is 54.6 Å². The van der Waals surface area contributed by atoms with E-state index in [0.717, 1.165) is 27.5 Å². The first kappa shape index (κ1) is 14.7. The molecule has 0 spiro atoms. The van der Waals surface area contributed by atoms with Crippen molar-refractivity contribution in [2.24, 2.45) is 0 Å². The molecule has 0 aliphatic carbocycles. The van der Waals surface area contributed by atoms with Crippen molar-refractivity contribution in [3.05, 3.63) is 71.9 Å². The van der Waals surface area contributed by atoms with Gasteiger partial charge in [0.05, 0.1) is 12.1 Å². The number of imidazole rings is 1. The molecule has 0 radical (unpaired) electrons. The van der Waals surface area contributed by atoms with E-state index < -0.39 is 5.97 Å². The summed E-state index contributed by atoms with van der Waals surface area (Å²) in [5.74, 6) is -0.836. The molecule has 1 N–H and O–H groups in total. The lowest BCUT2D eigenvalue weighted by atomic mass is 10.0. The fourth-order valence-corrected chi connectivity index (χ4v) is 3.59. The first-order valence-electron chi connectivity index (χ1n) is 7.54. The van der Waals surface area contributed by atoms with Gasteiger partial charge in [-0.15, -0.1) is 11.3 Å². The largest absolute Gasteiger partial charge is 0.481 e. The third-order valence-electron chi connectivity index (χ3n) is 3.90. The monoisotopic (exact) mass is 334 g/mol. The highest BCUT2D eigenvalue weighted by molar-refractivity contribution is 7.15. The van der Waals surface area contributed by atoms with Crippen LogP contribution in [0.3, 0.4) is 0 Å². The molecule has 24 heavy (non-hydrogen) atoms. The maximum absolute atomic E-state index is 10.9. The quantitative estimate of drug-likeness (QED) is 0.603. The Balaban J connectivity index is 1.67. The molecular weight excluding hydrogens is 320 g/mol. The lowest BCUT2D eigenvalue weighted by Crippen LogP contribution is -2.02. The van der Waals surface area contributed by atoms with Gasteiger partial charge in [-0.25, -0.2) is 4.98 Å². The van der Waals surface area contributed by atoms with E-state index in [2.05, 4.69) is 29.2 Å². The Morgan fingerprint density at radius 1 is 1.00 bits per heavy atom. The highest BCUT2D eigenvalue weighted by Gasteiger charge is 2.12. The van der Waals surface area contributed by atoms with Crippen molar-refractivity contribution in [3.8, 4) is 22.4 Å². The third kappa shape index (κ3) is 2.70. The summed E-state index contributed by atoms with van der Waals surface area (Å²) in [4.78, 5) is 16.3. The first-order chi connectivity index (χ1) is 11.7. The number of hydrogen-bond donors (Lipinski definition) is 1. The second kappa shape index (κ2) is 5.94. The number of carboxylic acids is 1. The van der Waals surface area contributed by atoms with E-state index in [1.54, 1.807) is 0 Å². The van der Waals surface area contributed by atoms with Crippen LogP contribution in [0.5, 0.6) is 0 Å². The highest BCUT2D eigenvalue weighted by Crippen LogP contribution is 2.26. The van der Waals surface area contributed by atoms with Crippen molar-refractivity contribution in [1.29, 1.82) is 0 Å². The van der Waals surface area contributed by atoms with Crippen molar-refractivity contribution in [1.82, 2.24) is 9.38 Å². The lowest BCUT2D eigenvalue weighted by molar-refractivity contribution is -0.136. The molecule has 2 aromatic carbocycles. The zero-order valence-electron chi connectivity index (χ0n) is 12.7. The minimum Gasteiger partial charge on any atom is -0.481 e. The standard InChI is InChI=1S/C19H14N2O2S/c22-18(23)10-16-12-24-19-20-17(11-21(16)19)15-8-6-14(7-9-15)13-4-2-1-3-5-13/h1-9,11-12H,10H2,(H,22,23). The van der Waals surface area contributed by atoms with Gasteiger partial charge >= 0.3 is 5.97 Å². The summed E-state index contributed by atoms with van der Waals surface area (Å²) in [6.07, 6.45) is 1.91. The van der Waals surface area contributed by atoms with Crippen molar-refractivity contribution in [2.75, 3.05) is 0 Å². The molecule has 2 heterocycles. The van der Waals surface area contributed by atoms with Crippen LogP contribution in [0, 0.1) is 0 Å². The summed E-state index contributed by atoms with van der Waals surface area (Å²) in [5, 5.41) is 10.8. The average molecular weight is 334 g/mol. The Bertz CT molecular complexity index is 1000. The molecule has 0 saturated carbocycles. The molecule has 0 bridgehead atoms. The predicted molar refractivity (Wildman–Crippen MR) is 95.3 cm³/mol. The number of thiazole rings is 1. The van der Waals surface area contributed by atoms with Crippen LogP contribution >= 0.6 is 11.3 Å². The van der Waals surface area contributed by atoms with Crippen molar-refractivity contribution < 1.29 is 9.90 Å². The maximum atomic E-state index is 10.9. The van der Waals surface area contributed by atoms with E-state index >= 15 is 0 Å². The van der Waals surface area contributed by atoms with E-state index in [9.17, 15) is 4.79 Å². The molecule has 0 fully saturated rings. The Labute approximate surface area is 142 Å². The van der Waals surface area contributed by atoms with Crippen molar-refractivity contribution in [3.63, 3.8) is 0 Å². The molecule has 4 aromatic rings. The number of nitrogens with zero attached hydrogens (tertiary/aromatic N) is 2. The number of carbonyl (C=O) groups is 1. The van der Waals surface area contributed by atoms with Crippen LogP contribution in [0.1, 0.15) is 5.69 Å². The molecule has 4 rings (SSSR count). The number of benzene rings is 2. The second-order valence-electron chi connectivity index (χ2n) is 5.52. The molecule has 0 atom stereocenters. The number of rotatable bonds is 4. The molecular formula is C19H14N2O2S. The molecule has 2 aromatic heterocycles. The number of hydrogen-bond acceptors (Lipinski definition) is 3. The van der Waals surface area contributed by atoms with E-state index in [0.29, 0.717) is 0 Å². The van der Waals surface area contributed by atoms with Crippen LogP contribution in [-0.2, 0) is 11.2 Å². The fourth-order valence-electron chi connectivity index (χ4n) is 2.71. The summed E-state index contributed by atoms with van der Waals surface area (Å²) >= 11 is 1.46. The summed E-state index contributed by atoms with van der Waals surface area (Å²) < 4.78 is 1.86. The van der Waals surface area contributed by atoms with Crippen molar-refractivity contribution in [2.45, 2.75) is 6.42 Å². The molecule has 0 saturated heterocycles. The fraction of sp³-hybridized carbons (Fsp3) is 0.0526. The van der Waals surface area contributed by atoms with Crippen LogP contribution in [0.4, 0.5) is 0 Å². The first-order valence-corrected chi connectivity index (χ1v) is 8.42. The van der Waals surface area contributed by atoms with E-state index in [4.69, 9.17) is 5.11 Å². The van der Waals surface area contributed by atoms with Gasteiger partial charge < -0.3 is 5.11 Å².